The van der Waals surface area contributed by atoms with Crippen LogP contribution in [0.1, 0.15) is 12.5 Å². The lowest BCUT2D eigenvalue weighted by molar-refractivity contribution is -0.121. The Balaban J connectivity index is 1.85. The molecule has 2 N–H and O–H groups in total. The van der Waals surface area contributed by atoms with Gasteiger partial charge in [-0.15, -0.1) is 0 Å². The summed E-state index contributed by atoms with van der Waals surface area (Å²) in [6.45, 7) is 1.78. The second-order valence-corrected chi connectivity index (χ2v) is 5.80. The summed E-state index contributed by atoms with van der Waals surface area (Å²) >= 11 is 3.37. The molecule has 2 aromatic carbocycles. The first-order valence-corrected chi connectivity index (χ1v) is 7.87. The van der Waals surface area contributed by atoms with Gasteiger partial charge < -0.3 is 10.1 Å². The van der Waals surface area contributed by atoms with E-state index in [-0.39, 0.29) is 5.91 Å². The summed E-state index contributed by atoms with van der Waals surface area (Å²) in [4.78, 5) is 12.0. The first-order chi connectivity index (χ1) is 11.1. The highest BCUT2D eigenvalue weighted by Gasteiger charge is 2.11. The molecule has 120 valence electrons. The zero-order valence-electron chi connectivity index (χ0n) is 12.9. The predicted octanol–water partition coefficient (Wildman–Crippen LogP) is 3.41. The zero-order valence-corrected chi connectivity index (χ0v) is 14.5. The third-order valence-corrected chi connectivity index (χ3v) is 3.65. The van der Waals surface area contributed by atoms with Crippen LogP contribution in [0.25, 0.3) is 0 Å². The van der Waals surface area contributed by atoms with E-state index >= 15 is 0 Å². The van der Waals surface area contributed by atoms with Gasteiger partial charge in [0.15, 0.2) is 0 Å². The molecular formula is C17H18BrN3O2. The number of hydrazone groups is 1. The van der Waals surface area contributed by atoms with Crippen molar-refractivity contribution in [1.29, 1.82) is 0 Å². The first kappa shape index (κ1) is 17.0. The third-order valence-electron chi connectivity index (χ3n) is 3.12. The zero-order chi connectivity index (χ0) is 16.7. The number of amides is 1. The van der Waals surface area contributed by atoms with Crippen molar-refractivity contribution in [3.05, 3.63) is 58.6 Å². The van der Waals surface area contributed by atoms with Gasteiger partial charge in [-0.3, -0.25) is 4.79 Å². The van der Waals surface area contributed by atoms with Crippen molar-refractivity contribution in [2.45, 2.75) is 13.0 Å². The van der Waals surface area contributed by atoms with E-state index in [9.17, 15) is 4.79 Å². The molecule has 0 spiro atoms. The lowest BCUT2D eigenvalue weighted by Gasteiger charge is -2.13. The molecule has 1 amide bonds. The number of carbonyl (C=O) groups excluding carboxylic acids is 1. The summed E-state index contributed by atoms with van der Waals surface area (Å²) in [5.74, 6) is 0.566. The van der Waals surface area contributed by atoms with Crippen LogP contribution in [0, 0.1) is 0 Å². The molecule has 6 heteroatoms. The molecule has 1 atom stereocenters. The molecule has 2 rings (SSSR count). The Labute approximate surface area is 143 Å². The summed E-state index contributed by atoms with van der Waals surface area (Å²) < 4.78 is 6.07. The topological polar surface area (TPSA) is 62.7 Å². The van der Waals surface area contributed by atoms with Crippen molar-refractivity contribution < 1.29 is 9.53 Å². The van der Waals surface area contributed by atoms with Gasteiger partial charge in [0.05, 0.1) is 13.3 Å². The minimum absolute atomic E-state index is 0.210. The van der Waals surface area contributed by atoms with Crippen LogP contribution in [0.2, 0.25) is 0 Å². The smallest absolute Gasteiger partial charge is 0.262 e. The molecule has 0 bridgehead atoms. The van der Waals surface area contributed by atoms with Gasteiger partial charge >= 0.3 is 0 Å². The fourth-order valence-corrected chi connectivity index (χ4v) is 2.08. The quantitative estimate of drug-likeness (QED) is 0.600. The van der Waals surface area contributed by atoms with E-state index in [4.69, 9.17) is 4.74 Å². The molecule has 0 aliphatic rings. The maximum absolute atomic E-state index is 12.0. The van der Waals surface area contributed by atoms with Crippen LogP contribution in [0.5, 0.6) is 5.75 Å². The lowest BCUT2D eigenvalue weighted by Crippen LogP contribution is -2.34. The van der Waals surface area contributed by atoms with Gasteiger partial charge in [0.2, 0.25) is 0 Å². The Morgan fingerprint density at radius 3 is 2.43 bits per heavy atom. The fraction of sp³-hybridized carbons (Fsp3) is 0.176. The molecule has 0 unspecified atom stereocenters. The van der Waals surface area contributed by atoms with Crippen molar-refractivity contribution in [2.24, 2.45) is 5.10 Å². The number of nitrogens with one attached hydrogen (secondary N) is 2. The van der Waals surface area contributed by atoms with Crippen LogP contribution in [0.3, 0.4) is 0 Å². The number of hydrogen-bond acceptors (Lipinski definition) is 4. The van der Waals surface area contributed by atoms with Crippen molar-refractivity contribution in [1.82, 2.24) is 5.43 Å². The number of benzene rings is 2. The molecule has 0 aromatic heterocycles. The molecule has 0 saturated heterocycles. The SMILES string of the molecule is COc1ccc(/C=N\NC(=O)[C@H](C)Nc2ccc(Br)cc2)cc1. The summed E-state index contributed by atoms with van der Waals surface area (Å²) in [6.07, 6.45) is 1.59. The average Bonchev–Trinajstić information content (AvgIpc) is 2.57. The highest BCUT2D eigenvalue weighted by molar-refractivity contribution is 9.10. The van der Waals surface area contributed by atoms with E-state index in [1.54, 1.807) is 20.2 Å². The van der Waals surface area contributed by atoms with E-state index in [2.05, 4.69) is 31.8 Å². The van der Waals surface area contributed by atoms with Crippen LogP contribution in [-0.2, 0) is 4.79 Å². The van der Waals surface area contributed by atoms with Crippen molar-refractivity contribution in [2.75, 3.05) is 12.4 Å². The van der Waals surface area contributed by atoms with Gasteiger partial charge in [-0.1, -0.05) is 15.9 Å². The number of rotatable bonds is 6. The van der Waals surface area contributed by atoms with Gasteiger partial charge in [-0.25, -0.2) is 5.43 Å². The summed E-state index contributed by atoms with van der Waals surface area (Å²) in [7, 11) is 1.61. The Hall–Kier alpha value is -2.34. The molecule has 23 heavy (non-hydrogen) atoms. The van der Waals surface area contributed by atoms with E-state index in [1.807, 2.05) is 48.5 Å². The number of halogens is 1. The second kappa shape index (κ2) is 8.33. The van der Waals surface area contributed by atoms with E-state index in [0.717, 1.165) is 21.5 Å². The molecule has 0 fully saturated rings. The minimum atomic E-state index is -0.399. The van der Waals surface area contributed by atoms with Gasteiger partial charge in [0, 0.05) is 10.2 Å². The Morgan fingerprint density at radius 2 is 1.83 bits per heavy atom. The van der Waals surface area contributed by atoms with Gasteiger partial charge in [0.25, 0.3) is 5.91 Å². The van der Waals surface area contributed by atoms with Gasteiger partial charge in [0.1, 0.15) is 11.8 Å². The van der Waals surface area contributed by atoms with Crippen molar-refractivity contribution in [3.8, 4) is 5.75 Å². The van der Waals surface area contributed by atoms with E-state index < -0.39 is 6.04 Å². The molecule has 2 aromatic rings. The van der Waals surface area contributed by atoms with Crippen LogP contribution >= 0.6 is 15.9 Å². The average molecular weight is 376 g/mol. The third kappa shape index (κ3) is 5.41. The first-order valence-electron chi connectivity index (χ1n) is 7.07. The molecular weight excluding hydrogens is 358 g/mol. The maximum Gasteiger partial charge on any atom is 0.262 e. The monoisotopic (exact) mass is 375 g/mol. The Morgan fingerprint density at radius 1 is 1.17 bits per heavy atom. The number of hydrogen-bond donors (Lipinski definition) is 2. The predicted molar refractivity (Wildman–Crippen MR) is 96.0 cm³/mol. The van der Waals surface area contributed by atoms with Crippen LogP contribution in [-0.4, -0.2) is 25.3 Å². The second-order valence-electron chi connectivity index (χ2n) is 4.88. The number of nitrogens with zero attached hydrogens (tertiary/aromatic N) is 1. The molecule has 0 saturated carbocycles. The maximum atomic E-state index is 12.0. The number of anilines is 1. The normalized spacial score (nSPS) is 12.0. The largest absolute Gasteiger partial charge is 0.497 e. The lowest BCUT2D eigenvalue weighted by atomic mass is 10.2. The Bertz CT molecular complexity index is 669. The minimum Gasteiger partial charge on any atom is -0.497 e. The van der Waals surface area contributed by atoms with Crippen molar-refractivity contribution >= 4 is 33.7 Å². The van der Waals surface area contributed by atoms with Gasteiger partial charge in [-0.05, 0) is 61.0 Å². The van der Waals surface area contributed by atoms with Crippen LogP contribution in [0.15, 0.2) is 58.1 Å². The molecule has 5 nitrogen and oxygen atoms in total. The highest BCUT2D eigenvalue weighted by atomic mass is 79.9. The van der Waals surface area contributed by atoms with Gasteiger partial charge in [-0.2, -0.15) is 5.10 Å². The molecule has 0 radical (unpaired) electrons. The Kier molecular flexibility index (Phi) is 6.17. The summed E-state index contributed by atoms with van der Waals surface area (Å²) in [6, 6.07) is 14.6. The number of methoxy groups -OCH3 is 1. The standard InChI is InChI=1S/C17H18BrN3O2/c1-12(20-15-7-5-14(18)6-8-15)17(22)21-19-11-13-3-9-16(23-2)10-4-13/h3-12,20H,1-2H3,(H,21,22)/b19-11-/t12-/m0/s1. The fourth-order valence-electron chi connectivity index (χ4n) is 1.82. The molecule has 0 heterocycles. The van der Waals surface area contributed by atoms with Crippen LogP contribution in [0.4, 0.5) is 5.69 Å². The molecule has 0 aliphatic heterocycles. The number of ether oxygens (including phenoxy) is 1. The molecule has 0 aliphatic carbocycles. The summed E-state index contributed by atoms with van der Waals surface area (Å²) in [5, 5.41) is 7.07. The summed E-state index contributed by atoms with van der Waals surface area (Å²) in [5.41, 5.74) is 4.26. The highest BCUT2D eigenvalue weighted by Crippen LogP contribution is 2.14. The van der Waals surface area contributed by atoms with Crippen LogP contribution < -0.4 is 15.5 Å². The van der Waals surface area contributed by atoms with Crippen molar-refractivity contribution in [3.63, 3.8) is 0 Å². The van der Waals surface area contributed by atoms with E-state index in [0.29, 0.717) is 0 Å². The number of carbonyl (C=O) groups is 1. The van der Waals surface area contributed by atoms with E-state index in [1.165, 1.54) is 0 Å².